The minimum Gasteiger partial charge on any atom is -0.457 e. The predicted octanol–water partition coefficient (Wildman–Crippen LogP) is 4.79. The summed E-state index contributed by atoms with van der Waals surface area (Å²) < 4.78 is 6.98. The van der Waals surface area contributed by atoms with E-state index in [1.807, 2.05) is 23.6 Å². The molecule has 2 aromatic carbocycles. The molecule has 0 N–H and O–H groups in total. The highest BCUT2D eigenvalue weighted by molar-refractivity contribution is 7.99. The molecule has 0 aliphatic rings. The minimum atomic E-state index is -0.504. The molecular weight excluding hydrogens is 433 g/mol. The van der Waals surface area contributed by atoms with Crippen molar-refractivity contribution >= 4 is 46.7 Å². The SMILES string of the molecule is CCn1c(SCC(=O)OCC(=O)c2ccc(Cl)cc2)nnc1-c1ccc(Cl)cc1. The first-order valence-electron chi connectivity index (χ1n) is 8.74. The Bertz CT molecular complexity index is 1000. The largest absolute Gasteiger partial charge is 0.457 e. The van der Waals surface area contributed by atoms with Crippen LogP contribution in [-0.4, -0.2) is 38.9 Å². The van der Waals surface area contributed by atoms with E-state index in [2.05, 4.69) is 10.2 Å². The van der Waals surface area contributed by atoms with Crippen LogP contribution in [0.15, 0.2) is 53.7 Å². The number of carbonyl (C=O) groups is 2. The van der Waals surface area contributed by atoms with Gasteiger partial charge in [-0.15, -0.1) is 10.2 Å². The minimum absolute atomic E-state index is 0.0205. The van der Waals surface area contributed by atoms with Crippen molar-refractivity contribution in [1.29, 1.82) is 0 Å². The summed E-state index contributed by atoms with van der Waals surface area (Å²) in [6, 6.07) is 13.7. The monoisotopic (exact) mass is 449 g/mol. The molecule has 0 radical (unpaired) electrons. The van der Waals surface area contributed by atoms with Gasteiger partial charge in [0, 0.05) is 27.7 Å². The number of esters is 1. The highest BCUT2D eigenvalue weighted by atomic mass is 35.5. The van der Waals surface area contributed by atoms with E-state index in [1.165, 1.54) is 11.8 Å². The Kier molecular flexibility index (Phi) is 7.30. The summed E-state index contributed by atoms with van der Waals surface area (Å²) in [5, 5.41) is 10.2. The van der Waals surface area contributed by atoms with Crippen molar-refractivity contribution in [2.45, 2.75) is 18.6 Å². The van der Waals surface area contributed by atoms with Gasteiger partial charge in [-0.3, -0.25) is 9.59 Å². The first-order chi connectivity index (χ1) is 14.0. The fourth-order valence-electron chi connectivity index (χ4n) is 2.52. The number of rotatable bonds is 8. The Balaban J connectivity index is 1.56. The van der Waals surface area contributed by atoms with Crippen molar-refractivity contribution < 1.29 is 14.3 Å². The summed E-state index contributed by atoms with van der Waals surface area (Å²) in [5.74, 6) is -0.0807. The van der Waals surface area contributed by atoms with Crippen molar-refractivity contribution in [2.24, 2.45) is 0 Å². The number of hydrogen-bond donors (Lipinski definition) is 0. The summed E-state index contributed by atoms with van der Waals surface area (Å²) >= 11 is 12.9. The van der Waals surface area contributed by atoms with Crippen LogP contribution < -0.4 is 0 Å². The molecule has 0 unspecified atom stereocenters. The molecule has 3 rings (SSSR count). The van der Waals surface area contributed by atoms with Crippen LogP contribution in [0.1, 0.15) is 17.3 Å². The fourth-order valence-corrected chi connectivity index (χ4v) is 3.58. The number of ether oxygens (including phenoxy) is 1. The zero-order chi connectivity index (χ0) is 20.8. The maximum Gasteiger partial charge on any atom is 0.316 e. The van der Waals surface area contributed by atoms with Crippen molar-refractivity contribution in [2.75, 3.05) is 12.4 Å². The van der Waals surface area contributed by atoms with E-state index in [9.17, 15) is 9.59 Å². The van der Waals surface area contributed by atoms with E-state index >= 15 is 0 Å². The molecule has 0 spiro atoms. The number of benzene rings is 2. The van der Waals surface area contributed by atoms with E-state index in [1.54, 1.807) is 36.4 Å². The molecule has 1 aromatic heterocycles. The summed E-state index contributed by atoms with van der Waals surface area (Å²) in [7, 11) is 0. The lowest BCUT2D eigenvalue weighted by Gasteiger charge is -2.08. The first-order valence-corrected chi connectivity index (χ1v) is 10.5. The number of ketones is 1. The van der Waals surface area contributed by atoms with Crippen LogP contribution in [-0.2, 0) is 16.1 Å². The smallest absolute Gasteiger partial charge is 0.316 e. The molecule has 150 valence electrons. The number of halogens is 2. The van der Waals surface area contributed by atoms with Gasteiger partial charge in [-0.05, 0) is 55.5 Å². The molecule has 0 aliphatic heterocycles. The highest BCUT2D eigenvalue weighted by Crippen LogP contribution is 2.25. The van der Waals surface area contributed by atoms with Gasteiger partial charge < -0.3 is 9.30 Å². The van der Waals surface area contributed by atoms with Crippen LogP contribution in [0.5, 0.6) is 0 Å². The number of hydrogen-bond acceptors (Lipinski definition) is 6. The summed E-state index contributed by atoms with van der Waals surface area (Å²) in [6.07, 6.45) is 0. The van der Waals surface area contributed by atoms with E-state index in [0.717, 1.165) is 5.56 Å². The third-order valence-electron chi connectivity index (χ3n) is 3.99. The molecular formula is C20H17Cl2N3O3S. The van der Waals surface area contributed by atoms with Crippen LogP contribution in [0.4, 0.5) is 0 Å². The topological polar surface area (TPSA) is 74.1 Å². The predicted molar refractivity (Wildman–Crippen MR) is 114 cm³/mol. The molecule has 0 bridgehead atoms. The second kappa shape index (κ2) is 9.91. The maximum absolute atomic E-state index is 12.1. The van der Waals surface area contributed by atoms with E-state index in [4.69, 9.17) is 27.9 Å². The molecule has 6 nitrogen and oxygen atoms in total. The van der Waals surface area contributed by atoms with Crippen LogP contribution in [0.3, 0.4) is 0 Å². The summed E-state index contributed by atoms with van der Waals surface area (Å²) in [5.41, 5.74) is 1.32. The molecule has 1 heterocycles. The Labute approximate surface area is 182 Å². The second-order valence-electron chi connectivity index (χ2n) is 5.94. The Morgan fingerprint density at radius 1 is 1.00 bits per heavy atom. The zero-order valence-corrected chi connectivity index (χ0v) is 17.8. The normalized spacial score (nSPS) is 10.7. The van der Waals surface area contributed by atoms with E-state index in [0.29, 0.717) is 33.1 Å². The van der Waals surface area contributed by atoms with Crippen LogP contribution in [0.25, 0.3) is 11.4 Å². The molecule has 29 heavy (non-hydrogen) atoms. The lowest BCUT2D eigenvalue weighted by Crippen LogP contribution is -2.15. The van der Waals surface area contributed by atoms with Gasteiger partial charge in [-0.2, -0.15) is 0 Å². The first kappa shape index (κ1) is 21.4. The Morgan fingerprint density at radius 2 is 1.62 bits per heavy atom. The van der Waals surface area contributed by atoms with Gasteiger partial charge in [0.2, 0.25) is 0 Å². The number of carbonyl (C=O) groups excluding carboxylic acids is 2. The quantitative estimate of drug-likeness (QED) is 0.279. The van der Waals surface area contributed by atoms with Gasteiger partial charge in [0.05, 0.1) is 5.75 Å². The summed E-state index contributed by atoms with van der Waals surface area (Å²) in [6.45, 7) is 2.28. The average molecular weight is 450 g/mol. The molecule has 0 aliphatic carbocycles. The average Bonchev–Trinajstić information content (AvgIpc) is 3.14. The third kappa shape index (κ3) is 5.59. The van der Waals surface area contributed by atoms with Gasteiger partial charge in [0.25, 0.3) is 0 Å². The van der Waals surface area contributed by atoms with Gasteiger partial charge in [0.1, 0.15) is 0 Å². The van der Waals surface area contributed by atoms with Gasteiger partial charge in [0.15, 0.2) is 23.4 Å². The van der Waals surface area contributed by atoms with Gasteiger partial charge >= 0.3 is 5.97 Å². The molecule has 0 atom stereocenters. The molecule has 0 amide bonds. The standard InChI is InChI=1S/C20H17Cl2N3O3S/c1-2-25-19(14-5-9-16(22)10-6-14)23-24-20(25)29-12-18(27)28-11-17(26)13-3-7-15(21)8-4-13/h3-10H,2,11-12H2,1H3. The highest BCUT2D eigenvalue weighted by Gasteiger charge is 2.16. The molecule has 3 aromatic rings. The zero-order valence-electron chi connectivity index (χ0n) is 15.5. The fraction of sp³-hybridized carbons (Fsp3) is 0.200. The maximum atomic E-state index is 12.1. The van der Waals surface area contributed by atoms with Gasteiger partial charge in [-0.25, -0.2) is 0 Å². The molecule has 0 fully saturated rings. The van der Waals surface area contributed by atoms with E-state index in [-0.39, 0.29) is 18.1 Å². The van der Waals surface area contributed by atoms with Crippen molar-refractivity contribution in [3.8, 4) is 11.4 Å². The third-order valence-corrected chi connectivity index (χ3v) is 5.43. The number of thioether (sulfide) groups is 1. The van der Waals surface area contributed by atoms with E-state index < -0.39 is 5.97 Å². The molecule has 0 saturated heterocycles. The van der Waals surface area contributed by atoms with Crippen molar-refractivity contribution in [1.82, 2.24) is 14.8 Å². The number of Topliss-reactive ketones (excluding diaryl/α,β-unsaturated/α-hetero) is 1. The molecule has 9 heteroatoms. The van der Waals surface area contributed by atoms with Crippen molar-refractivity contribution in [3.05, 3.63) is 64.1 Å². The van der Waals surface area contributed by atoms with Crippen molar-refractivity contribution in [3.63, 3.8) is 0 Å². The van der Waals surface area contributed by atoms with Crippen LogP contribution in [0, 0.1) is 0 Å². The lowest BCUT2D eigenvalue weighted by atomic mass is 10.1. The van der Waals surface area contributed by atoms with Crippen LogP contribution >= 0.6 is 35.0 Å². The Morgan fingerprint density at radius 3 is 2.24 bits per heavy atom. The summed E-state index contributed by atoms with van der Waals surface area (Å²) in [4.78, 5) is 24.1. The number of aromatic nitrogens is 3. The second-order valence-corrected chi connectivity index (χ2v) is 7.75. The lowest BCUT2D eigenvalue weighted by molar-refractivity contribution is -0.139. The van der Waals surface area contributed by atoms with Crippen LogP contribution in [0.2, 0.25) is 10.0 Å². The number of nitrogens with zero attached hydrogens (tertiary/aromatic N) is 3. The van der Waals surface area contributed by atoms with Gasteiger partial charge in [-0.1, -0.05) is 35.0 Å². The Hall–Kier alpha value is -2.35. The molecule has 0 saturated carbocycles.